The molecule has 2 aromatic rings. The molecule has 0 atom stereocenters. The van der Waals surface area contributed by atoms with Crippen LogP contribution < -0.4 is 9.47 Å². The number of nitriles is 2. The molecule has 0 fully saturated rings. The second-order valence-electron chi connectivity index (χ2n) is 4.32. The number of hydrogen-bond donors (Lipinski definition) is 0. The molecule has 0 N–H and O–H groups in total. The van der Waals surface area contributed by atoms with Gasteiger partial charge >= 0.3 is 0 Å². The van der Waals surface area contributed by atoms with Gasteiger partial charge in [-0.25, -0.2) is 4.98 Å². The van der Waals surface area contributed by atoms with Gasteiger partial charge in [0.2, 0.25) is 0 Å². The van der Waals surface area contributed by atoms with Crippen LogP contribution in [0.25, 0.3) is 11.6 Å². The lowest BCUT2D eigenvalue weighted by atomic mass is 10.1. The average molecular weight is 311 g/mol. The van der Waals surface area contributed by atoms with Crippen LogP contribution in [0.15, 0.2) is 23.6 Å². The molecular weight excluding hydrogens is 298 g/mol. The summed E-state index contributed by atoms with van der Waals surface area (Å²) in [6.45, 7) is 1.84. The first-order valence-electron chi connectivity index (χ1n) is 6.40. The van der Waals surface area contributed by atoms with Crippen LogP contribution >= 0.6 is 11.3 Å². The van der Waals surface area contributed by atoms with E-state index >= 15 is 0 Å². The minimum atomic E-state index is -0.0482. The molecular formula is C16H13N3O2S. The van der Waals surface area contributed by atoms with Crippen molar-refractivity contribution in [3.8, 4) is 23.6 Å². The van der Waals surface area contributed by atoms with Crippen LogP contribution in [0.4, 0.5) is 0 Å². The van der Waals surface area contributed by atoms with Gasteiger partial charge in [-0.2, -0.15) is 10.5 Å². The van der Waals surface area contributed by atoms with Gasteiger partial charge in [0.05, 0.1) is 12.7 Å². The van der Waals surface area contributed by atoms with Crippen molar-refractivity contribution in [1.82, 2.24) is 4.98 Å². The fraction of sp³-hybridized carbons (Fsp3) is 0.188. The van der Waals surface area contributed by atoms with Gasteiger partial charge in [0.1, 0.15) is 17.1 Å². The van der Waals surface area contributed by atoms with Gasteiger partial charge in [0.15, 0.2) is 18.1 Å². The molecule has 1 aromatic carbocycles. The molecule has 1 aromatic heterocycles. The van der Waals surface area contributed by atoms with Gasteiger partial charge in [0.25, 0.3) is 0 Å². The Morgan fingerprint density at radius 2 is 2.18 bits per heavy atom. The molecule has 6 heteroatoms. The number of methoxy groups -OCH3 is 1. The lowest BCUT2D eigenvalue weighted by molar-refractivity contribution is 0.329. The van der Waals surface area contributed by atoms with Crippen LogP contribution in [-0.2, 0) is 0 Å². The van der Waals surface area contributed by atoms with Crippen molar-refractivity contribution < 1.29 is 9.47 Å². The van der Waals surface area contributed by atoms with Crippen molar-refractivity contribution in [2.24, 2.45) is 0 Å². The SMILES string of the molecule is COc1cc(/C=C(\C#N)c2nc(C)cs2)ccc1OCC#N. The highest BCUT2D eigenvalue weighted by molar-refractivity contribution is 7.11. The minimum Gasteiger partial charge on any atom is -0.493 e. The molecule has 22 heavy (non-hydrogen) atoms. The summed E-state index contributed by atoms with van der Waals surface area (Å²) in [6, 6.07) is 9.33. The zero-order chi connectivity index (χ0) is 15.9. The van der Waals surface area contributed by atoms with E-state index in [1.807, 2.05) is 18.4 Å². The van der Waals surface area contributed by atoms with Gasteiger partial charge in [-0.3, -0.25) is 0 Å². The summed E-state index contributed by atoms with van der Waals surface area (Å²) in [5.74, 6) is 1.00. The number of aromatic nitrogens is 1. The molecule has 0 spiro atoms. The lowest BCUT2D eigenvalue weighted by Gasteiger charge is -2.09. The maximum absolute atomic E-state index is 9.30. The Balaban J connectivity index is 2.34. The van der Waals surface area contributed by atoms with Crippen molar-refractivity contribution in [3.63, 3.8) is 0 Å². The van der Waals surface area contributed by atoms with Crippen molar-refractivity contribution in [1.29, 1.82) is 10.5 Å². The summed E-state index contributed by atoms with van der Waals surface area (Å²) in [5.41, 5.74) is 2.18. The van der Waals surface area contributed by atoms with E-state index in [-0.39, 0.29) is 6.61 Å². The van der Waals surface area contributed by atoms with E-state index in [9.17, 15) is 5.26 Å². The van der Waals surface area contributed by atoms with E-state index in [4.69, 9.17) is 14.7 Å². The van der Waals surface area contributed by atoms with Gasteiger partial charge in [-0.15, -0.1) is 11.3 Å². The molecule has 0 saturated heterocycles. The van der Waals surface area contributed by atoms with Crippen molar-refractivity contribution in [2.45, 2.75) is 6.92 Å². The predicted molar refractivity (Wildman–Crippen MR) is 84.4 cm³/mol. The molecule has 0 aliphatic rings. The summed E-state index contributed by atoms with van der Waals surface area (Å²) < 4.78 is 10.5. The van der Waals surface area contributed by atoms with E-state index in [2.05, 4.69) is 11.1 Å². The van der Waals surface area contributed by atoms with Gasteiger partial charge in [0, 0.05) is 11.1 Å². The van der Waals surface area contributed by atoms with E-state index in [0.29, 0.717) is 22.1 Å². The minimum absolute atomic E-state index is 0.0482. The number of nitrogens with zero attached hydrogens (tertiary/aromatic N) is 3. The zero-order valence-electron chi connectivity index (χ0n) is 12.2. The molecule has 0 unspecified atom stereocenters. The number of thiazole rings is 1. The summed E-state index contributed by atoms with van der Waals surface area (Å²) in [7, 11) is 1.53. The number of benzene rings is 1. The largest absolute Gasteiger partial charge is 0.493 e. The first kappa shape index (κ1) is 15.6. The number of hydrogen-bond acceptors (Lipinski definition) is 6. The molecule has 0 amide bonds. The molecule has 0 bridgehead atoms. The van der Waals surface area contributed by atoms with Crippen molar-refractivity contribution >= 4 is 23.0 Å². The number of ether oxygens (including phenoxy) is 2. The third-order valence-corrected chi connectivity index (χ3v) is 3.75. The van der Waals surface area contributed by atoms with Crippen molar-refractivity contribution in [2.75, 3.05) is 13.7 Å². The highest BCUT2D eigenvalue weighted by atomic mass is 32.1. The van der Waals surface area contributed by atoms with E-state index < -0.39 is 0 Å². The van der Waals surface area contributed by atoms with E-state index in [0.717, 1.165) is 11.3 Å². The molecule has 1 heterocycles. The van der Waals surface area contributed by atoms with Crippen LogP contribution in [0.1, 0.15) is 16.3 Å². The standard InChI is InChI=1S/C16H13N3O2S/c1-11-10-22-16(19-11)13(9-18)7-12-3-4-14(21-6-5-17)15(8-12)20-2/h3-4,7-8,10H,6H2,1-2H3/b13-7+. The lowest BCUT2D eigenvalue weighted by Crippen LogP contribution is -1.96. The third kappa shape index (κ3) is 3.63. The maximum Gasteiger partial charge on any atom is 0.174 e. The molecule has 0 aliphatic heterocycles. The topological polar surface area (TPSA) is 78.9 Å². The predicted octanol–water partition coefficient (Wildman–Crippen LogP) is 3.43. The van der Waals surface area contributed by atoms with Gasteiger partial charge < -0.3 is 9.47 Å². The first-order chi connectivity index (χ1) is 10.7. The quantitative estimate of drug-likeness (QED) is 0.790. The molecule has 0 aliphatic carbocycles. The van der Waals surface area contributed by atoms with Crippen LogP contribution in [0.3, 0.4) is 0 Å². The Bertz CT molecular complexity index is 781. The average Bonchev–Trinajstić information content (AvgIpc) is 2.97. The van der Waals surface area contributed by atoms with E-state index in [1.165, 1.54) is 18.4 Å². The Labute approximate surface area is 132 Å². The molecule has 0 saturated carbocycles. The first-order valence-corrected chi connectivity index (χ1v) is 7.28. The van der Waals surface area contributed by atoms with Gasteiger partial charge in [-0.1, -0.05) is 6.07 Å². The van der Waals surface area contributed by atoms with Gasteiger partial charge in [-0.05, 0) is 30.7 Å². The fourth-order valence-electron chi connectivity index (χ4n) is 1.79. The highest BCUT2D eigenvalue weighted by Crippen LogP contribution is 2.30. The summed E-state index contributed by atoms with van der Waals surface area (Å²) in [5, 5.41) is 20.4. The summed E-state index contributed by atoms with van der Waals surface area (Å²) >= 11 is 1.43. The number of aryl methyl sites for hydroxylation is 1. The van der Waals surface area contributed by atoms with Crippen molar-refractivity contribution in [3.05, 3.63) is 39.8 Å². The Hall–Kier alpha value is -2.83. The molecule has 5 nitrogen and oxygen atoms in total. The summed E-state index contributed by atoms with van der Waals surface area (Å²) in [4.78, 5) is 4.31. The highest BCUT2D eigenvalue weighted by Gasteiger charge is 2.08. The van der Waals surface area contributed by atoms with Crippen LogP contribution in [0, 0.1) is 29.6 Å². The second kappa shape index (κ2) is 7.26. The normalized spacial score (nSPS) is 10.6. The molecule has 110 valence electrons. The number of rotatable bonds is 5. The monoisotopic (exact) mass is 311 g/mol. The number of allylic oxidation sites excluding steroid dienone is 1. The van der Waals surface area contributed by atoms with Crippen LogP contribution in [0.2, 0.25) is 0 Å². The molecule has 2 rings (SSSR count). The Morgan fingerprint density at radius 3 is 2.77 bits per heavy atom. The molecule has 0 radical (unpaired) electrons. The smallest absolute Gasteiger partial charge is 0.174 e. The Kier molecular flexibility index (Phi) is 5.13. The van der Waals surface area contributed by atoms with Crippen LogP contribution in [-0.4, -0.2) is 18.7 Å². The fourth-order valence-corrected chi connectivity index (χ4v) is 2.55. The van der Waals surface area contributed by atoms with E-state index in [1.54, 1.807) is 24.3 Å². The van der Waals surface area contributed by atoms with Crippen LogP contribution in [0.5, 0.6) is 11.5 Å². The second-order valence-corrected chi connectivity index (χ2v) is 5.18. The third-order valence-electron chi connectivity index (χ3n) is 2.76. The maximum atomic E-state index is 9.30. The Morgan fingerprint density at radius 1 is 1.36 bits per heavy atom. The summed E-state index contributed by atoms with van der Waals surface area (Å²) in [6.07, 6.45) is 1.74. The zero-order valence-corrected chi connectivity index (χ0v) is 13.0.